The van der Waals surface area contributed by atoms with Gasteiger partial charge in [-0.25, -0.2) is 0 Å². The van der Waals surface area contributed by atoms with Gasteiger partial charge >= 0.3 is 0 Å². The van der Waals surface area contributed by atoms with Gasteiger partial charge < -0.3 is 0 Å². The van der Waals surface area contributed by atoms with Crippen LogP contribution in [-0.4, -0.2) is 41.2 Å². The van der Waals surface area contributed by atoms with E-state index in [4.69, 9.17) is 34.8 Å². The molecule has 0 fully saturated rings. The largest absolute Gasteiger partial charge is 0.299 e. The number of hydrogen-bond acceptors (Lipinski definition) is 1. The van der Waals surface area contributed by atoms with E-state index in [-0.39, 0.29) is 23.2 Å². The van der Waals surface area contributed by atoms with E-state index in [1.165, 1.54) is 0 Å². The molecule has 0 heterocycles. The van der Waals surface area contributed by atoms with Crippen molar-refractivity contribution in [2.75, 3.05) is 25.5 Å². The first-order valence-corrected chi connectivity index (χ1v) is 5.53. The van der Waals surface area contributed by atoms with Crippen LogP contribution in [0.4, 0.5) is 0 Å². The van der Waals surface area contributed by atoms with Gasteiger partial charge in [0.15, 0.2) is 0 Å². The molecule has 0 aliphatic carbocycles. The van der Waals surface area contributed by atoms with Crippen LogP contribution in [0, 0.1) is 0 Å². The van der Waals surface area contributed by atoms with Crippen molar-refractivity contribution in [3.8, 4) is 0 Å². The molecule has 1 nitrogen and oxygen atoms in total. The van der Waals surface area contributed by atoms with Gasteiger partial charge in [0.05, 0.1) is 0 Å². The molecule has 0 aromatic rings. The van der Waals surface area contributed by atoms with Crippen molar-refractivity contribution in [3.05, 3.63) is 0 Å². The van der Waals surface area contributed by atoms with Crippen LogP contribution in [0.5, 0.6) is 0 Å². The Hall–Kier alpha value is 1.12. The Morgan fingerprint density at radius 3 is 1.69 bits per heavy atom. The third kappa shape index (κ3) is 11.0. The fourth-order valence-electron chi connectivity index (χ4n) is 1.09. The minimum Gasteiger partial charge on any atom is -0.299 e. The van der Waals surface area contributed by atoms with E-state index in [0.717, 1.165) is 19.6 Å². The highest BCUT2D eigenvalue weighted by atomic mass is 35.5. The molecule has 0 aromatic heterocycles. The monoisotopic (exact) mass is 267 g/mol. The second-order valence-electron chi connectivity index (χ2n) is 3.01. The molecule has 0 rings (SSSR count). The minimum absolute atomic E-state index is 0. The number of rotatable bonds is 6. The molecule has 0 aliphatic heterocycles. The fraction of sp³-hybridized carbons (Fsp3) is 1.00. The van der Waals surface area contributed by atoms with Gasteiger partial charge in [0.1, 0.15) is 0 Å². The number of alkyl halides is 3. The van der Waals surface area contributed by atoms with Crippen molar-refractivity contribution in [2.45, 2.75) is 24.6 Å². The molecular weight excluding hydrogens is 252 g/mol. The average molecular weight is 269 g/mol. The van der Waals surface area contributed by atoms with Crippen molar-refractivity contribution in [3.63, 3.8) is 0 Å². The molecule has 0 saturated heterocycles. The maximum absolute atomic E-state index is 5.86. The maximum atomic E-state index is 5.86. The highest BCUT2D eigenvalue weighted by Gasteiger charge is 2.09. The summed E-state index contributed by atoms with van der Waals surface area (Å²) in [4.78, 5) is 2.18. The van der Waals surface area contributed by atoms with Gasteiger partial charge in [-0.3, -0.25) is 4.90 Å². The topological polar surface area (TPSA) is 3.24 Å². The summed E-state index contributed by atoms with van der Waals surface area (Å²) < 4.78 is 0. The summed E-state index contributed by atoms with van der Waals surface area (Å²) in [5.41, 5.74) is 0. The second-order valence-corrected chi connectivity index (χ2v) is 4.88. The van der Waals surface area contributed by atoms with Gasteiger partial charge in [-0.1, -0.05) is 0 Å². The lowest BCUT2D eigenvalue weighted by Gasteiger charge is -2.23. The van der Waals surface area contributed by atoms with Gasteiger partial charge in [0, 0.05) is 36.3 Å². The van der Waals surface area contributed by atoms with Crippen LogP contribution in [0.15, 0.2) is 0 Å². The number of nitrogens with zero attached hydrogens (tertiary/aromatic N) is 1. The van der Waals surface area contributed by atoms with Crippen LogP contribution in [-0.2, 0) is 0 Å². The van der Waals surface area contributed by atoms with Crippen LogP contribution >= 0.6 is 47.2 Å². The van der Waals surface area contributed by atoms with E-state index in [1.54, 1.807) is 0 Å². The Bertz CT molecular complexity index is 98.3. The predicted octanol–water partition coefficient (Wildman–Crippen LogP) is 3.20. The number of halogens is 4. The quantitative estimate of drug-likeness (QED) is 0.669. The zero-order chi connectivity index (χ0) is 9.56. The molecule has 13 heavy (non-hydrogen) atoms. The van der Waals surface area contributed by atoms with E-state index in [1.807, 2.05) is 13.8 Å². The van der Waals surface area contributed by atoms with Crippen molar-refractivity contribution < 1.29 is 0 Å². The zero-order valence-electron chi connectivity index (χ0n) is 7.97. The lowest BCUT2D eigenvalue weighted by Crippen LogP contribution is -2.34. The van der Waals surface area contributed by atoms with Crippen LogP contribution in [0.25, 0.3) is 0 Å². The zero-order valence-corrected chi connectivity index (χ0v) is 11.1. The SMILES string of the molecule is CC(Cl)CN(CCCl)CC(C)Cl.Cl. The third-order valence-electron chi connectivity index (χ3n) is 1.42. The van der Waals surface area contributed by atoms with E-state index in [9.17, 15) is 0 Å². The summed E-state index contributed by atoms with van der Waals surface area (Å²) in [5.74, 6) is 0.632. The van der Waals surface area contributed by atoms with Crippen molar-refractivity contribution >= 4 is 47.2 Å². The first-order chi connectivity index (χ1) is 5.56. The summed E-state index contributed by atoms with van der Waals surface area (Å²) >= 11 is 17.4. The normalized spacial score (nSPS) is 15.2. The minimum atomic E-state index is 0. The van der Waals surface area contributed by atoms with Gasteiger partial charge in [-0.2, -0.15) is 0 Å². The molecule has 2 atom stereocenters. The summed E-state index contributed by atoms with van der Waals surface area (Å²) in [5, 5.41) is 0.312. The molecule has 0 N–H and O–H groups in total. The van der Waals surface area contributed by atoms with Crippen molar-refractivity contribution in [1.29, 1.82) is 0 Å². The van der Waals surface area contributed by atoms with Crippen molar-refractivity contribution in [2.24, 2.45) is 0 Å². The van der Waals surface area contributed by atoms with Crippen LogP contribution in [0.2, 0.25) is 0 Å². The standard InChI is InChI=1S/C8H16Cl3N.ClH/c1-7(10)5-12(4-3-9)6-8(2)11;/h7-8H,3-6H2,1-2H3;1H. The number of hydrogen-bond donors (Lipinski definition) is 0. The van der Waals surface area contributed by atoms with E-state index < -0.39 is 0 Å². The highest BCUT2D eigenvalue weighted by molar-refractivity contribution is 6.21. The van der Waals surface area contributed by atoms with Crippen molar-refractivity contribution in [1.82, 2.24) is 4.90 Å². The lowest BCUT2D eigenvalue weighted by atomic mass is 10.3. The molecule has 0 spiro atoms. The Kier molecular flexibility index (Phi) is 12.3. The molecule has 0 radical (unpaired) electrons. The summed E-state index contributed by atoms with van der Waals surface area (Å²) in [6.07, 6.45) is 0. The molecule has 0 aliphatic rings. The predicted molar refractivity (Wildman–Crippen MR) is 65.0 cm³/mol. The Labute approximate surface area is 102 Å². The first kappa shape index (κ1) is 16.5. The molecule has 2 unspecified atom stereocenters. The first-order valence-electron chi connectivity index (χ1n) is 4.12. The molecule has 0 saturated carbocycles. The lowest BCUT2D eigenvalue weighted by molar-refractivity contribution is 0.295. The van der Waals surface area contributed by atoms with Gasteiger partial charge in [0.25, 0.3) is 0 Å². The van der Waals surface area contributed by atoms with Gasteiger partial charge in [-0.15, -0.1) is 47.2 Å². The average Bonchev–Trinajstić information content (AvgIpc) is 1.84. The van der Waals surface area contributed by atoms with E-state index in [2.05, 4.69) is 4.90 Å². The van der Waals surface area contributed by atoms with Crippen LogP contribution < -0.4 is 0 Å². The maximum Gasteiger partial charge on any atom is 0.0435 e. The van der Waals surface area contributed by atoms with E-state index >= 15 is 0 Å². The van der Waals surface area contributed by atoms with E-state index in [0.29, 0.717) is 5.88 Å². The smallest absolute Gasteiger partial charge is 0.0435 e. The summed E-state index contributed by atoms with van der Waals surface area (Å²) in [6.45, 7) is 6.51. The third-order valence-corrected chi connectivity index (χ3v) is 1.87. The van der Waals surface area contributed by atoms with Gasteiger partial charge in [-0.05, 0) is 13.8 Å². The molecule has 82 valence electrons. The Morgan fingerprint density at radius 2 is 1.46 bits per heavy atom. The van der Waals surface area contributed by atoms with Gasteiger partial charge in [0.2, 0.25) is 0 Å². The summed E-state index contributed by atoms with van der Waals surface area (Å²) in [7, 11) is 0. The summed E-state index contributed by atoms with van der Waals surface area (Å²) in [6, 6.07) is 0. The molecule has 0 amide bonds. The Balaban J connectivity index is 0. The van der Waals surface area contributed by atoms with Crippen LogP contribution in [0.1, 0.15) is 13.8 Å². The molecule has 5 heteroatoms. The molecule has 0 bridgehead atoms. The Morgan fingerprint density at radius 1 is 1.08 bits per heavy atom. The fourth-order valence-corrected chi connectivity index (χ4v) is 1.72. The molecular formula is C8H17Cl4N. The molecule has 0 aromatic carbocycles. The highest BCUT2D eigenvalue weighted by Crippen LogP contribution is 2.03. The van der Waals surface area contributed by atoms with Crippen LogP contribution in [0.3, 0.4) is 0 Å². The second kappa shape index (κ2) is 9.67.